The zero-order chi connectivity index (χ0) is 9.40. The highest BCUT2D eigenvalue weighted by Crippen LogP contribution is 2.06. The summed E-state index contributed by atoms with van der Waals surface area (Å²) < 4.78 is 5.17. The SMILES string of the molecule is CCCCCCO[C@H](O)[C](C)C. The molecule has 0 aromatic rings. The van der Waals surface area contributed by atoms with Gasteiger partial charge in [0.15, 0.2) is 6.29 Å². The summed E-state index contributed by atoms with van der Waals surface area (Å²) in [7, 11) is 0. The Hall–Kier alpha value is -0.0800. The Morgan fingerprint density at radius 2 is 1.92 bits per heavy atom. The van der Waals surface area contributed by atoms with Crippen molar-refractivity contribution < 1.29 is 9.84 Å². The summed E-state index contributed by atoms with van der Waals surface area (Å²) in [5, 5.41) is 9.22. The lowest BCUT2D eigenvalue weighted by Crippen LogP contribution is -2.17. The van der Waals surface area contributed by atoms with E-state index in [2.05, 4.69) is 6.92 Å². The molecule has 0 saturated carbocycles. The summed E-state index contributed by atoms with van der Waals surface area (Å²) in [6.45, 7) is 6.60. The molecule has 0 bridgehead atoms. The molecular weight excluding hydrogens is 152 g/mol. The van der Waals surface area contributed by atoms with Gasteiger partial charge >= 0.3 is 0 Å². The molecule has 0 aliphatic rings. The van der Waals surface area contributed by atoms with Gasteiger partial charge in [-0.25, -0.2) is 0 Å². The van der Waals surface area contributed by atoms with Crippen molar-refractivity contribution in [2.24, 2.45) is 0 Å². The molecule has 0 heterocycles. The molecule has 0 aromatic heterocycles. The predicted octanol–water partition coefficient (Wildman–Crippen LogP) is 2.52. The summed E-state index contributed by atoms with van der Waals surface area (Å²) >= 11 is 0. The number of hydrogen-bond donors (Lipinski definition) is 1. The van der Waals surface area contributed by atoms with Crippen molar-refractivity contribution in [3.63, 3.8) is 0 Å². The van der Waals surface area contributed by atoms with Gasteiger partial charge in [-0.2, -0.15) is 0 Å². The number of ether oxygens (including phenoxy) is 1. The molecule has 2 heteroatoms. The minimum absolute atomic E-state index is 0.661. The van der Waals surface area contributed by atoms with Gasteiger partial charge in [0.2, 0.25) is 0 Å². The molecule has 0 fully saturated rings. The molecule has 0 rings (SSSR count). The van der Waals surface area contributed by atoms with Gasteiger partial charge < -0.3 is 9.84 Å². The molecule has 0 aliphatic carbocycles. The topological polar surface area (TPSA) is 29.5 Å². The second kappa shape index (κ2) is 7.56. The molecule has 0 amide bonds. The molecule has 1 atom stereocenters. The van der Waals surface area contributed by atoms with E-state index in [0.717, 1.165) is 12.3 Å². The van der Waals surface area contributed by atoms with Crippen molar-refractivity contribution in [1.29, 1.82) is 0 Å². The fourth-order valence-electron chi connectivity index (χ4n) is 0.890. The van der Waals surface area contributed by atoms with Crippen LogP contribution in [0.5, 0.6) is 0 Å². The third-order valence-corrected chi connectivity index (χ3v) is 1.77. The lowest BCUT2D eigenvalue weighted by Gasteiger charge is -2.14. The maximum Gasteiger partial charge on any atom is 0.160 e. The minimum atomic E-state index is -0.661. The first-order valence-corrected chi connectivity index (χ1v) is 4.78. The molecule has 2 nitrogen and oxygen atoms in total. The van der Waals surface area contributed by atoms with Crippen molar-refractivity contribution in [2.75, 3.05) is 6.61 Å². The first-order valence-electron chi connectivity index (χ1n) is 4.78. The van der Waals surface area contributed by atoms with E-state index in [9.17, 15) is 5.11 Å². The van der Waals surface area contributed by atoms with Gasteiger partial charge in [-0.15, -0.1) is 0 Å². The van der Waals surface area contributed by atoms with Crippen molar-refractivity contribution in [3.8, 4) is 0 Å². The quantitative estimate of drug-likeness (QED) is 0.473. The molecule has 0 spiro atoms. The van der Waals surface area contributed by atoms with E-state index in [-0.39, 0.29) is 0 Å². The average Bonchev–Trinajstić information content (AvgIpc) is 2.03. The molecule has 1 radical (unpaired) electrons. The van der Waals surface area contributed by atoms with E-state index in [1.807, 2.05) is 13.8 Å². The maximum atomic E-state index is 9.22. The zero-order valence-corrected chi connectivity index (χ0v) is 8.47. The van der Waals surface area contributed by atoms with Crippen LogP contribution in [-0.2, 0) is 4.74 Å². The largest absolute Gasteiger partial charge is 0.367 e. The second-order valence-electron chi connectivity index (χ2n) is 3.36. The average molecular weight is 173 g/mol. The van der Waals surface area contributed by atoms with Crippen LogP contribution in [0.4, 0.5) is 0 Å². The summed E-state index contributed by atoms with van der Waals surface area (Å²) in [5.74, 6) is 0.922. The lowest BCUT2D eigenvalue weighted by atomic mass is 10.2. The van der Waals surface area contributed by atoms with E-state index < -0.39 is 6.29 Å². The van der Waals surface area contributed by atoms with Gasteiger partial charge in [-0.3, -0.25) is 0 Å². The van der Waals surface area contributed by atoms with Crippen LogP contribution in [0.15, 0.2) is 0 Å². The van der Waals surface area contributed by atoms with E-state index in [4.69, 9.17) is 4.74 Å². The molecule has 73 valence electrons. The lowest BCUT2D eigenvalue weighted by molar-refractivity contribution is -0.0871. The zero-order valence-electron chi connectivity index (χ0n) is 8.47. The van der Waals surface area contributed by atoms with Crippen LogP contribution < -0.4 is 0 Å². The van der Waals surface area contributed by atoms with Crippen LogP contribution in [0.25, 0.3) is 0 Å². The number of aliphatic hydroxyl groups is 1. The highest BCUT2D eigenvalue weighted by Gasteiger charge is 2.08. The Bertz CT molecular complexity index is 91.8. The second-order valence-corrected chi connectivity index (χ2v) is 3.36. The third kappa shape index (κ3) is 6.62. The van der Waals surface area contributed by atoms with Gasteiger partial charge in [0.25, 0.3) is 0 Å². The van der Waals surface area contributed by atoms with Gasteiger partial charge in [-0.05, 0) is 6.42 Å². The van der Waals surface area contributed by atoms with Crippen LogP contribution in [0.2, 0.25) is 0 Å². The van der Waals surface area contributed by atoms with Crippen molar-refractivity contribution >= 4 is 0 Å². The van der Waals surface area contributed by atoms with Crippen LogP contribution in [0.1, 0.15) is 46.5 Å². The molecule has 0 aliphatic heterocycles. The van der Waals surface area contributed by atoms with Crippen molar-refractivity contribution in [1.82, 2.24) is 0 Å². The van der Waals surface area contributed by atoms with E-state index in [1.165, 1.54) is 19.3 Å². The van der Waals surface area contributed by atoms with Gasteiger partial charge in [0.05, 0.1) is 0 Å². The fourth-order valence-corrected chi connectivity index (χ4v) is 0.890. The van der Waals surface area contributed by atoms with Gasteiger partial charge in [-0.1, -0.05) is 40.0 Å². The van der Waals surface area contributed by atoms with Crippen LogP contribution in [-0.4, -0.2) is 18.0 Å². The molecule has 0 unspecified atom stereocenters. The Balaban J connectivity index is 3.08. The molecule has 0 saturated heterocycles. The number of rotatable bonds is 7. The van der Waals surface area contributed by atoms with E-state index in [0.29, 0.717) is 6.61 Å². The Kier molecular flexibility index (Phi) is 7.51. The summed E-state index contributed by atoms with van der Waals surface area (Å²) in [4.78, 5) is 0. The highest BCUT2D eigenvalue weighted by atomic mass is 16.6. The fraction of sp³-hybridized carbons (Fsp3) is 0.900. The number of hydrogen-bond acceptors (Lipinski definition) is 2. The molecular formula is C10H21O2. The summed E-state index contributed by atoms with van der Waals surface area (Å²) in [5.41, 5.74) is 0. The van der Waals surface area contributed by atoms with Crippen molar-refractivity contribution in [3.05, 3.63) is 5.92 Å². The van der Waals surface area contributed by atoms with Crippen LogP contribution >= 0.6 is 0 Å². The van der Waals surface area contributed by atoms with Crippen LogP contribution in [0.3, 0.4) is 0 Å². The summed E-state index contributed by atoms with van der Waals surface area (Å²) in [6, 6.07) is 0. The first kappa shape index (κ1) is 11.9. The predicted molar refractivity (Wildman–Crippen MR) is 50.7 cm³/mol. The standard InChI is InChI=1S/C10H21O2/c1-4-5-6-7-8-12-10(11)9(2)3/h10-11H,4-8H2,1-3H3/t10-/m0/s1. The van der Waals surface area contributed by atoms with Gasteiger partial charge in [0, 0.05) is 12.5 Å². The van der Waals surface area contributed by atoms with E-state index in [1.54, 1.807) is 0 Å². The number of aliphatic hydroxyl groups excluding tert-OH is 1. The van der Waals surface area contributed by atoms with E-state index >= 15 is 0 Å². The smallest absolute Gasteiger partial charge is 0.160 e. The van der Waals surface area contributed by atoms with Crippen molar-refractivity contribution in [2.45, 2.75) is 52.7 Å². The monoisotopic (exact) mass is 173 g/mol. The Morgan fingerprint density at radius 1 is 1.25 bits per heavy atom. The Morgan fingerprint density at radius 3 is 2.42 bits per heavy atom. The van der Waals surface area contributed by atoms with Crippen LogP contribution in [0, 0.1) is 5.92 Å². The Labute approximate surface area is 75.9 Å². The summed E-state index contributed by atoms with van der Waals surface area (Å²) in [6.07, 6.45) is 4.09. The number of unbranched alkanes of at least 4 members (excludes halogenated alkanes) is 3. The molecule has 12 heavy (non-hydrogen) atoms. The first-order chi connectivity index (χ1) is 5.68. The maximum absolute atomic E-state index is 9.22. The molecule has 1 N–H and O–H groups in total. The minimum Gasteiger partial charge on any atom is -0.367 e. The third-order valence-electron chi connectivity index (χ3n) is 1.77. The normalized spacial score (nSPS) is 13.8. The van der Waals surface area contributed by atoms with Gasteiger partial charge in [0.1, 0.15) is 0 Å². The molecule has 0 aromatic carbocycles. The highest BCUT2D eigenvalue weighted by molar-refractivity contribution is 4.80.